The zero-order valence-electron chi connectivity index (χ0n) is 13.5. The van der Waals surface area contributed by atoms with Crippen LogP contribution in [0.3, 0.4) is 0 Å². The number of hydrogen-bond donors (Lipinski definition) is 1. The number of benzene rings is 1. The maximum atomic E-state index is 5.70. The van der Waals surface area contributed by atoms with E-state index < -0.39 is 0 Å². The fourth-order valence-corrected chi connectivity index (χ4v) is 3.09. The Balaban J connectivity index is 1.84. The first-order valence-electron chi connectivity index (χ1n) is 8.63. The average Bonchev–Trinajstić information content (AvgIpc) is 2.91. The van der Waals surface area contributed by atoms with Gasteiger partial charge in [0, 0.05) is 23.6 Å². The van der Waals surface area contributed by atoms with E-state index in [0.717, 1.165) is 19.5 Å². The van der Waals surface area contributed by atoms with Crippen molar-refractivity contribution in [2.24, 2.45) is 5.73 Å². The number of rotatable bonds is 10. The molecule has 0 atom stereocenters. The van der Waals surface area contributed by atoms with Crippen LogP contribution in [-0.2, 0) is 13.0 Å². The van der Waals surface area contributed by atoms with Crippen LogP contribution in [0.25, 0.3) is 10.9 Å². The van der Waals surface area contributed by atoms with Crippen LogP contribution in [0.1, 0.15) is 57.4 Å². The second-order valence-corrected chi connectivity index (χ2v) is 6.02. The minimum absolute atomic E-state index is 0.724. The van der Waals surface area contributed by atoms with E-state index in [1.807, 2.05) is 0 Å². The Morgan fingerprint density at radius 1 is 0.952 bits per heavy atom. The summed E-state index contributed by atoms with van der Waals surface area (Å²) in [6.07, 6.45) is 12.8. The third-order valence-electron chi connectivity index (χ3n) is 4.32. The summed E-state index contributed by atoms with van der Waals surface area (Å²) in [4.78, 5) is 0. The van der Waals surface area contributed by atoms with E-state index in [4.69, 9.17) is 5.73 Å². The molecule has 0 radical (unpaired) electrons. The lowest BCUT2D eigenvalue weighted by Crippen LogP contribution is -2.03. The van der Waals surface area contributed by atoms with Crippen molar-refractivity contribution in [1.82, 2.24) is 4.57 Å². The minimum Gasteiger partial charge on any atom is -0.347 e. The lowest BCUT2D eigenvalue weighted by molar-refractivity contribution is 0.556. The van der Waals surface area contributed by atoms with Crippen molar-refractivity contribution in [3.05, 3.63) is 36.0 Å². The summed E-state index contributed by atoms with van der Waals surface area (Å²) in [5.74, 6) is 0. The molecule has 1 heterocycles. The van der Waals surface area contributed by atoms with Crippen LogP contribution in [0.2, 0.25) is 0 Å². The van der Waals surface area contributed by atoms with Gasteiger partial charge in [-0.1, -0.05) is 57.6 Å². The SMILES string of the molecule is CCCCCCCCCn1ccc2c(CCN)cccc21. The number of nitrogens with zero attached hydrogens (tertiary/aromatic N) is 1. The van der Waals surface area contributed by atoms with Crippen molar-refractivity contribution in [2.45, 2.75) is 64.8 Å². The topological polar surface area (TPSA) is 30.9 Å². The third-order valence-corrected chi connectivity index (χ3v) is 4.32. The molecular formula is C19H30N2. The number of unbranched alkanes of at least 4 members (excludes halogenated alkanes) is 6. The van der Waals surface area contributed by atoms with E-state index in [0.29, 0.717) is 0 Å². The van der Waals surface area contributed by atoms with Crippen LogP contribution in [-0.4, -0.2) is 11.1 Å². The number of hydrogen-bond acceptors (Lipinski definition) is 1. The molecule has 116 valence electrons. The smallest absolute Gasteiger partial charge is 0.0483 e. The zero-order chi connectivity index (χ0) is 14.9. The van der Waals surface area contributed by atoms with Crippen molar-refractivity contribution in [1.29, 1.82) is 0 Å². The van der Waals surface area contributed by atoms with E-state index in [9.17, 15) is 0 Å². The van der Waals surface area contributed by atoms with Crippen LogP contribution in [0, 0.1) is 0 Å². The third kappa shape index (κ3) is 4.60. The van der Waals surface area contributed by atoms with Gasteiger partial charge < -0.3 is 10.3 Å². The molecule has 0 fully saturated rings. The molecule has 2 rings (SSSR count). The highest BCUT2D eigenvalue weighted by atomic mass is 14.9. The van der Waals surface area contributed by atoms with E-state index in [-0.39, 0.29) is 0 Å². The first-order chi connectivity index (χ1) is 10.4. The molecule has 0 saturated heterocycles. The Bertz CT molecular complexity index is 527. The highest BCUT2D eigenvalue weighted by Gasteiger charge is 2.04. The van der Waals surface area contributed by atoms with E-state index >= 15 is 0 Å². The summed E-state index contributed by atoms with van der Waals surface area (Å²) in [5, 5.41) is 1.38. The van der Waals surface area contributed by atoms with Crippen molar-refractivity contribution >= 4 is 10.9 Å². The van der Waals surface area contributed by atoms with Gasteiger partial charge in [-0.2, -0.15) is 0 Å². The molecule has 0 aliphatic heterocycles. The van der Waals surface area contributed by atoms with Crippen LogP contribution in [0.15, 0.2) is 30.5 Å². The van der Waals surface area contributed by atoms with Gasteiger partial charge in [0.1, 0.15) is 0 Å². The number of aryl methyl sites for hydroxylation is 1. The van der Waals surface area contributed by atoms with Gasteiger partial charge in [-0.05, 0) is 37.1 Å². The molecule has 0 spiro atoms. The normalized spacial score (nSPS) is 11.3. The molecule has 2 nitrogen and oxygen atoms in total. The van der Waals surface area contributed by atoms with E-state index in [1.54, 1.807) is 0 Å². The molecule has 21 heavy (non-hydrogen) atoms. The fraction of sp³-hybridized carbons (Fsp3) is 0.579. The molecule has 0 bridgehead atoms. The van der Waals surface area contributed by atoms with Gasteiger partial charge in [0.15, 0.2) is 0 Å². The predicted octanol–water partition coefficient (Wildman–Crippen LogP) is 4.89. The monoisotopic (exact) mass is 286 g/mol. The van der Waals surface area contributed by atoms with Gasteiger partial charge in [0.2, 0.25) is 0 Å². The number of aromatic nitrogens is 1. The highest BCUT2D eigenvalue weighted by Crippen LogP contribution is 2.21. The number of fused-ring (bicyclic) bond motifs is 1. The summed E-state index contributed by atoms with van der Waals surface area (Å²) in [7, 11) is 0. The first kappa shape index (κ1) is 16.1. The Morgan fingerprint density at radius 3 is 2.48 bits per heavy atom. The van der Waals surface area contributed by atoms with Crippen molar-refractivity contribution < 1.29 is 0 Å². The van der Waals surface area contributed by atoms with E-state index in [2.05, 4.69) is 42.0 Å². The Kier molecular flexibility index (Phi) is 6.81. The second kappa shape index (κ2) is 8.89. The Labute approximate surface area is 129 Å². The minimum atomic E-state index is 0.724. The van der Waals surface area contributed by atoms with Crippen LogP contribution in [0.5, 0.6) is 0 Å². The quantitative estimate of drug-likeness (QED) is 0.619. The van der Waals surface area contributed by atoms with Gasteiger partial charge in [-0.15, -0.1) is 0 Å². The lowest BCUT2D eigenvalue weighted by Gasteiger charge is -2.07. The molecule has 0 saturated carbocycles. The Hall–Kier alpha value is -1.28. The van der Waals surface area contributed by atoms with E-state index in [1.165, 1.54) is 61.4 Å². The largest absolute Gasteiger partial charge is 0.347 e. The molecular weight excluding hydrogens is 256 g/mol. The number of nitrogens with two attached hydrogens (primary N) is 1. The molecule has 0 unspecified atom stereocenters. The summed E-state index contributed by atoms with van der Waals surface area (Å²) in [5.41, 5.74) is 8.45. The summed E-state index contributed by atoms with van der Waals surface area (Å²) in [6, 6.07) is 8.85. The molecule has 0 aliphatic rings. The average molecular weight is 286 g/mol. The molecule has 0 aliphatic carbocycles. The zero-order valence-corrected chi connectivity index (χ0v) is 13.5. The van der Waals surface area contributed by atoms with Crippen molar-refractivity contribution in [3.8, 4) is 0 Å². The van der Waals surface area contributed by atoms with Gasteiger partial charge in [-0.3, -0.25) is 0 Å². The molecule has 1 aromatic carbocycles. The van der Waals surface area contributed by atoms with Gasteiger partial charge in [0.25, 0.3) is 0 Å². The van der Waals surface area contributed by atoms with Crippen LogP contribution < -0.4 is 5.73 Å². The van der Waals surface area contributed by atoms with Gasteiger partial charge in [-0.25, -0.2) is 0 Å². The van der Waals surface area contributed by atoms with Crippen molar-refractivity contribution in [3.63, 3.8) is 0 Å². The van der Waals surface area contributed by atoms with Gasteiger partial charge in [0.05, 0.1) is 0 Å². The summed E-state index contributed by atoms with van der Waals surface area (Å²) < 4.78 is 2.40. The van der Waals surface area contributed by atoms with Crippen LogP contribution >= 0.6 is 0 Å². The Morgan fingerprint density at radius 2 is 1.71 bits per heavy atom. The lowest BCUT2D eigenvalue weighted by atomic mass is 10.1. The standard InChI is InChI=1S/C19H30N2/c1-2-3-4-5-6-7-8-15-21-16-13-18-17(12-14-20)10-9-11-19(18)21/h9-11,13,16H,2-8,12,14-15,20H2,1H3. The molecule has 2 heteroatoms. The maximum absolute atomic E-state index is 5.70. The molecule has 1 aromatic heterocycles. The summed E-state index contributed by atoms with van der Waals surface area (Å²) >= 11 is 0. The van der Waals surface area contributed by atoms with Gasteiger partial charge >= 0.3 is 0 Å². The maximum Gasteiger partial charge on any atom is 0.0483 e. The predicted molar refractivity (Wildman–Crippen MR) is 92.7 cm³/mol. The second-order valence-electron chi connectivity index (χ2n) is 6.02. The first-order valence-corrected chi connectivity index (χ1v) is 8.63. The summed E-state index contributed by atoms with van der Waals surface area (Å²) in [6.45, 7) is 4.14. The molecule has 2 aromatic rings. The molecule has 0 amide bonds. The fourth-order valence-electron chi connectivity index (χ4n) is 3.09. The molecule has 2 N–H and O–H groups in total. The van der Waals surface area contributed by atoms with Crippen LogP contribution in [0.4, 0.5) is 0 Å². The highest BCUT2D eigenvalue weighted by molar-refractivity contribution is 5.83. The van der Waals surface area contributed by atoms with Crippen molar-refractivity contribution in [2.75, 3.05) is 6.54 Å².